The molecule has 136 valence electrons. The van der Waals surface area contributed by atoms with Gasteiger partial charge in [0.05, 0.1) is 0 Å². The first-order chi connectivity index (χ1) is 12.5. The number of nitrogens with zero attached hydrogens (tertiary/aromatic N) is 1. The molecule has 0 saturated carbocycles. The summed E-state index contributed by atoms with van der Waals surface area (Å²) in [5.41, 5.74) is 2.95. The van der Waals surface area contributed by atoms with Crippen LogP contribution in [0.5, 0.6) is 0 Å². The number of carbonyl (C=O) groups is 2. The van der Waals surface area contributed by atoms with Gasteiger partial charge in [-0.15, -0.1) is 11.8 Å². The van der Waals surface area contributed by atoms with E-state index in [1.54, 1.807) is 16.7 Å². The highest BCUT2D eigenvalue weighted by atomic mass is 32.2. The van der Waals surface area contributed by atoms with E-state index in [0.717, 1.165) is 16.8 Å². The first-order valence-corrected chi connectivity index (χ1v) is 9.88. The SMILES string of the molecule is Cc1ccc(NC(=O)[C@@H]2CS[C@@H](c3ccccc3)N2C(=O)C(C)C)cc1. The first-order valence-electron chi connectivity index (χ1n) is 8.83. The molecule has 1 N–H and O–H groups in total. The van der Waals surface area contributed by atoms with Gasteiger partial charge in [-0.3, -0.25) is 9.59 Å². The molecule has 2 atom stereocenters. The number of nitrogens with one attached hydrogen (secondary N) is 1. The molecule has 1 aliphatic rings. The zero-order valence-electron chi connectivity index (χ0n) is 15.3. The quantitative estimate of drug-likeness (QED) is 0.878. The van der Waals surface area contributed by atoms with Gasteiger partial charge in [0.2, 0.25) is 11.8 Å². The maximum Gasteiger partial charge on any atom is 0.248 e. The van der Waals surface area contributed by atoms with Gasteiger partial charge < -0.3 is 10.2 Å². The van der Waals surface area contributed by atoms with Crippen molar-refractivity contribution in [1.82, 2.24) is 4.90 Å². The molecule has 0 bridgehead atoms. The number of rotatable bonds is 4. The third kappa shape index (κ3) is 3.93. The zero-order chi connectivity index (χ0) is 18.7. The van der Waals surface area contributed by atoms with Crippen LogP contribution in [0.4, 0.5) is 5.69 Å². The largest absolute Gasteiger partial charge is 0.324 e. The third-order valence-corrected chi connectivity index (χ3v) is 5.78. The van der Waals surface area contributed by atoms with Crippen molar-refractivity contribution >= 4 is 29.3 Å². The van der Waals surface area contributed by atoms with E-state index in [1.165, 1.54) is 0 Å². The van der Waals surface area contributed by atoms with E-state index in [2.05, 4.69) is 5.32 Å². The summed E-state index contributed by atoms with van der Waals surface area (Å²) in [5, 5.41) is 2.84. The summed E-state index contributed by atoms with van der Waals surface area (Å²) >= 11 is 1.64. The maximum atomic E-state index is 12.9. The van der Waals surface area contributed by atoms with E-state index in [0.29, 0.717) is 5.75 Å². The summed E-state index contributed by atoms with van der Waals surface area (Å²) in [5.74, 6) is 0.312. The third-order valence-electron chi connectivity index (χ3n) is 4.46. The molecule has 1 saturated heterocycles. The molecule has 0 spiro atoms. The second kappa shape index (κ2) is 7.96. The smallest absolute Gasteiger partial charge is 0.248 e. The summed E-state index contributed by atoms with van der Waals surface area (Å²) in [6.07, 6.45) is 0. The Morgan fingerprint density at radius 2 is 1.73 bits per heavy atom. The average Bonchev–Trinajstić information content (AvgIpc) is 3.08. The molecular formula is C21H24N2O2S. The van der Waals surface area contributed by atoms with Gasteiger partial charge in [-0.1, -0.05) is 61.9 Å². The van der Waals surface area contributed by atoms with Crippen LogP contribution in [0.15, 0.2) is 54.6 Å². The number of hydrogen-bond acceptors (Lipinski definition) is 3. The Morgan fingerprint density at radius 1 is 1.08 bits per heavy atom. The number of anilines is 1. The number of carbonyl (C=O) groups excluding carboxylic acids is 2. The van der Waals surface area contributed by atoms with Crippen LogP contribution in [0, 0.1) is 12.8 Å². The number of hydrogen-bond donors (Lipinski definition) is 1. The van der Waals surface area contributed by atoms with Crippen LogP contribution in [0.3, 0.4) is 0 Å². The average molecular weight is 369 g/mol. The highest BCUT2D eigenvalue weighted by Crippen LogP contribution is 2.42. The minimum Gasteiger partial charge on any atom is -0.324 e. The summed E-state index contributed by atoms with van der Waals surface area (Å²) < 4.78 is 0. The van der Waals surface area contributed by atoms with Crippen molar-refractivity contribution in [3.05, 3.63) is 65.7 Å². The number of thioether (sulfide) groups is 1. The fraction of sp³-hybridized carbons (Fsp3) is 0.333. The second-order valence-corrected chi connectivity index (χ2v) is 7.98. The molecule has 3 rings (SSSR count). The van der Waals surface area contributed by atoms with Crippen molar-refractivity contribution in [2.45, 2.75) is 32.2 Å². The summed E-state index contributed by atoms with van der Waals surface area (Å²) in [6, 6.07) is 17.1. The topological polar surface area (TPSA) is 49.4 Å². The van der Waals surface area contributed by atoms with E-state index in [9.17, 15) is 9.59 Å². The van der Waals surface area contributed by atoms with Crippen molar-refractivity contribution in [2.75, 3.05) is 11.1 Å². The fourth-order valence-electron chi connectivity index (χ4n) is 3.01. The van der Waals surface area contributed by atoms with Crippen molar-refractivity contribution in [3.63, 3.8) is 0 Å². The molecule has 2 amide bonds. The normalized spacial score (nSPS) is 19.6. The molecule has 1 heterocycles. The van der Waals surface area contributed by atoms with Crippen LogP contribution in [-0.4, -0.2) is 28.5 Å². The molecule has 4 nitrogen and oxygen atoms in total. The highest BCUT2D eigenvalue weighted by molar-refractivity contribution is 7.99. The first kappa shape index (κ1) is 18.5. The minimum atomic E-state index is -0.471. The van der Waals surface area contributed by atoms with E-state index < -0.39 is 6.04 Å². The van der Waals surface area contributed by atoms with Gasteiger partial charge in [-0.2, -0.15) is 0 Å². The van der Waals surface area contributed by atoms with Crippen LogP contribution in [0.2, 0.25) is 0 Å². The van der Waals surface area contributed by atoms with E-state index in [-0.39, 0.29) is 23.1 Å². The summed E-state index contributed by atoms with van der Waals surface area (Å²) in [4.78, 5) is 27.5. The molecule has 2 aromatic carbocycles. The van der Waals surface area contributed by atoms with Crippen molar-refractivity contribution in [1.29, 1.82) is 0 Å². The van der Waals surface area contributed by atoms with Crippen LogP contribution >= 0.6 is 11.8 Å². The molecule has 1 aliphatic heterocycles. The van der Waals surface area contributed by atoms with Gasteiger partial charge in [0.25, 0.3) is 0 Å². The van der Waals surface area contributed by atoms with E-state index in [4.69, 9.17) is 0 Å². The Bertz CT molecular complexity index is 774. The molecule has 0 unspecified atom stereocenters. The minimum absolute atomic E-state index is 0.00732. The van der Waals surface area contributed by atoms with Gasteiger partial charge in [0.1, 0.15) is 11.4 Å². The molecular weight excluding hydrogens is 344 g/mol. The van der Waals surface area contributed by atoms with Gasteiger partial charge in [-0.25, -0.2) is 0 Å². The van der Waals surface area contributed by atoms with E-state index >= 15 is 0 Å². The monoisotopic (exact) mass is 368 g/mol. The summed E-state index contributed by atoms with van der Waals surface area (Å²) in [7, 11) is 0. The van der Waals surface area contributed by atoms with Crippen molar-refractivity contribution < 1.29 is 9.59 Å². The highest BCUT2D eigenvalue weighted by Gasteiger charge is 2.42. The predicted molar refractivity (Wildman–Crippen MR) is 107 cm³/mol. The molecule has 2 aromatic rings. The van der Waals surface area contributed by atoms with Gasteiger partial charge in [0, 0.05) is 17.4 Å². The lowest BCUT2D eigenvalue weighted by Crippen LogP contribution is -2.46. The summed E-state index contributed by atoms with van der Waals surface area (Å²) in [6.45, 7) is 5.76. The lowest BCUT2D eigenvalue weighted by atomic mass is 10.1. The van der Waals surface area contributed by atoms with Crippen molar-refractivity contribution in [3.8, 4) is 0 Å². The van der Waals surface area contributed by atoms with Gasteiger partial charge in [-0.05, 0) is 24.6 Å². The number of amides is 2. The van der Waals surface area contributed by atoms with Gasteiger partial charge >= 0.3 is 0 Å². The van der Waals surface area contributed by atoms with Crippen LogP contribution < -0.4 is 5.32 Å². The molecule has 0 aromatic heterocycles. The lowest BCUT2D eigenvalue weighted by molar-refractivity contribution is -0.140. The molecule has 0 aliphatic carbocycles. The van der Waals surface area contributed by atoms with Crippen LogP contribution in [0.1, 0.15) is 30.3 Å². The predicted octanol–water partition coefficient (Wildman–Crippen LogP) is 4.23. The molecule has 5 heteroatoms. The zero-order valence-corrected chi connectivity index (χ0v) is 16.1. The maximum absolute atomic E-state index is 12.9. The van der Waals surface area contributed by atoms with E-state index in [1.807, 2.05) is 75.4 Å². The Hall–Kier alpha value is -2.27. The lowest BCUT2D eigenvalue weighted by Gasteiger charge is -2.30. The Kier molecular flexibility index (Phi) is 5.67. The fourth-order valence-corrected chi connectivity index (χ4v) is 4.45. The second-order valence-electron chi connectivity index (χ2n) is 6.87. The number of aryl methyl sites for hydroxylation is 1. The van der Waals surface area contributed by atoms with Gasteiger partial charge in [0.15, 0.2) is 0 Å². The molecule has 0 radical (unpaired) electrons. The number of benzene rings is 2. The Morgan fingerprint density at radius 3 is 2.35 bits per heavy atom. The van der Waals surface area contributed by atoms with Crippen molar-refractivity contribution in [2.24, 2.45) is 5.92 Å². The Labute approximate surface area is 159 Å². The molecule has 1 fully saturated rings. The molecule has 26 heavy (non-hydrogen) atoms. The van der Waals surface area contributed by atoms with Crippen LogP contribution in [0.25, 0.3) is 0 Å². The van der Waals surface area contributed by atoms with Crippen LogP contribution in [-0.2, 0) is 9.59 Å². The Balaban J connectivity index is 1.84. The standard InChI is InChI=1S/C21H24N2O2S/c1-14(2)20(25)23-18(13-26-21(23)16-7-5-4-6-8-16)19(24)22-17-11-9-15(3)10-12-17/h4-12,14,18,21H,13H2,1-3H3,(H,22,24)/t18-,21-/m0/s1.